The van der Waals surface area contributed by atoms with E-state index in [1.54, 1.807) is 6.07 Å². The quantitative estimate of drug-likeness (QED) is 0.466. The number of hydrogen-bond donors (Lipinski definition) is 0. The number of aromatic nitrogens is 2. The smallest absolute Gasteiger partial charge is 0.258 e. The van der Waals surface area contributed by atoms with Gasteiger partial charge in [0.05, 0.1) is 16.1 Å². The topological polar surface area (TPSA) is 68.9 Å². The van der Waals surface area contributed by atoms with Crippen LogP contribution in [0.4, 0.5) is 5.69 Å². The minimum absolute atomic E-state index is 0.0222. The summed E-state index contributed by atoms with van der Waals surface area (Å²) in [5, 5.41) is 11.7. The van der Waals surface area contributed by atoms with Crippen LogP contribution in [0.5, 0.6) is 0 Å². The Bertz CT molecular complexity index is 625. The maximum absolute atomic E-state index is 10.7. The van der Waals surface area contributed by atoms with Crippen molar-refractivity contribution >= 4 is 28.2 Å². The van der Waals surface area contributed by atoms with Crippen molar-refractivity contribution in [3.63, 3.8) is 0 Å². The Morgan fingerprint density at radius 3 is 2.76 bits per heavy atom. The van der Waals surface area contributed by atoms with Crippen LogP contribution in [0.3, 0.4) is 0 Å². The summed E-state index contributed by atoms with van der Waals surface area (Å²) in [7, 11) is 0. The lowest BCUT2D eigenvalue weighted by molar-refractivity contribution is -0.384. The molecule has 0 spiro atoms. The average molecular weight is 250 g/mol. The SMILES string of the molecule is O=[N+]([O-])c1ccc2c(C3CC3)nc(Cl)nc2c1. The van der Waals surface area contributed by atoms with E-state index in [2.05, 4.69) is 9.97 Å². The van der Waals surface area contributed by atoms with Crippen LogP contribution in [0, 0.1) is 10.1 Å². The van der Waals surface area contributed by atoms with E-state index in [0.717, 1.165) is 23.9 Å². The van der Waals surface area contributed by atoms with Gasteiger partial charge in [-0.15, -0.1) is 0 Å². The van der Waals surface area contributed by atoms with E-state index in [4.69, 9.17) is 11.6 Å². The van der Waals surface area contributed by atoms with Gasteiger partial charge in [0.2, 0.25) is 5.28 Å². The van der Waals surface area contributed by atoms with Crippen molar-refractivity contribution in [3.8, 4) is 0 Å². The molecule has 0 aliphatic heterocycles. The van der Waals surface area contributed by atoms with Gasteiger partial charge in [0, 0.05) is 23.4 Å². The number of non-ortho nitro benzene ring substituents is 1. The Morgan fingerprint density at radius 1 is 1.35 bits per heavy atom. The average Bonchev–Trinajstić information content (AvgIpc) is 3.10. The van der Waals surface area contributed by atoms with Crippen molar-refractivity contribution in [2.24, 2.45) is 0 Å². The summed E-state index contributed by atoms with van der Waals surface area (Å²) in [5.41, 5.74) is 1.48. The molecule has 86 valence electrons. The number of halogens is 1. The van der Waals surface area contributed by atoms with E-state index in [-0.39, 0.29) is 11.0 Å². The molecule has 1 aromatic heterocycles. The van der Waals surface area contributed by atoms with Crippen molar-refractivity contribution < 1.29 is 4.92 Å². The van der Waals surface area contributed by atoms with Crippen LogP contribution in [-0.2, 0) is 0 Å². The van der Waals surface area contributed by atoms with Crippen LogP contribution < -0.4 is 0 Å². The molecule has 17 heavy (non-hydrogen) atoms. The molecule has 3 rings (SSSR count). The molecule has 0 unspecified atom stereocenters. The van der Waals surface area contributed by atoms with Gasteiger partial charge < -0.3 is 0 Å². The van der Waals surface area contributed by atoms with Gasteiger partial charge >= 0.3 is 0 Å². The van der Waals surface area contributed by atoms with Gasteiger partial charge in [0.1, 0.15) is 0 Å². The fourth-order valence-corrected chi connectivity index (χ4v) is 2.08. The Kier molecular flexibility index (Phi) is 2.22. The summed E-state index contributed by atoms with van der Waals surface area (Å²) in [6.45, 7) is 0. The molecule has 6 heteroatoms. The van der Waals surface area contributed by atoms with Crippen LogP contribution in [0.15, 0.2) is 18.2 Å². The molecule has 0 N–H and O–H groups in total. The minimum Gasteiger partial charge on any atom is -0.258 e. The Morgan fingerprint density at radius 2 is 2.12 bits per heavy atom. The normalized spacial score (nSPS) is 15.1. The standard InChI is InChI=1S/C11H8ClN3O2/c12-11-13-9-5-7(15(16)17)3-4-8(9)10(14-11)6-1-2-6/h3-6H,1-2H2. The number of nitro groups is 1. The summed E-state index contributed by atoms with van der Waals surface area (Å²) in [6, 6.07) is 4.62. The second kappa shape index (κ2) is 3.63. The molecule has 2 aromatic rings. The van der Waals surface area contributed by atoms with Gasteiger partial charge in [0.15, 0.2) is 0 Å². The molecule has 0 radical (unpaired) electrons. The molecule has 1 saturated carbocycles. The van der Waals surface area contributed by atoms with E-state index < -0.39 is 4.92 Å². The van der Waals surface area contributed by atoms with Gasteiger partial charge in [-0.3, -0.25) is 10.1 Å². The molecule has 0 atom stereocenters. The lowest BCUT2D eigenvalue weighted by atomic mass is 10.1. The van der Waals surface area contributed by atoms with Gasteiger partial charge in [-0.2, -0.15) is 0 Å². The Labute approximate surface area is 102 Å². The summed E-state index contributed by atoms with van der Waals surface area (Å²) < 4.78 is 0. The van der Waals surface area contributed by atoms with Crippen LogP contribution in [0.25, 0.3) is 10.9 Å². The number of hydrogen-bond acceptors (Lipinski definition) is 4. The predicted octanol–water partition coefficient (Wildman–Crippen LogP) is 3.07. The van der Waals surface area contributed by atoms with E-state index >= 15 is 0 Å². The summed E-state index contributed by atoms with van der Waals surface area (Å²) >= 11 is 5.84. The monoisotopic (exact) mass is 249 g/mol. The first kappa shape index (κ1) is 10.4. The highest BCUT2D eigenvalue weighted by molar-refractivity contribution is 6.28. The molecule has 1 heterocycles. The molecule has 0 bridgehead atoms. The zero-order chi connectivity index (χ0) is 12.0. The third-order valence-electron chi connectivity index (χ3n) is 2.86. The van der Waals surface area contributed by atoms with E-state index in [1.807, 2.05) is 0 Å². The molecular formula is C11H8ClN3O2. The first-order valence-corrected chi connectivity index (χ1v) is 5.64. The van der Waals surface area contributed by atoms with Gasteiger partial charge in [0.25, 0.3) is 5.69 Å². The van der Waals surface area contributed by atoms with Gasteiger partial charge in [-0.1, -0.05) is 0 Å². The molecule has 1 aliphatic rings. The second-order valence-electron chi connectivity index (χ2n) is 4.11. The number of nitrogens with zero attached hydrogens (tertiary/aromatic N) is 3. The van der Waals surface area contributed by atoms with Gasteiger partial charge in [-0.25, -0.2) is 9.97 Å². The fraction of sp³-hybridized carbons (Fsp3) is 0.273. The molecule has 1 aliphatic carbocycles. The molecule has 1 aromatic carbocycles. The van der Waals surface area contributed by atoms with Crippen molar-refractivity contribution in [2.45, 2.75) is 18.8 Å². The highest BCUT2D eigenvalue weighted by atomic mass is 35.5. The summed E-state index contributed by atoms with van der Waals surface area (Å²) in [6.07, 6.45) is 2.19. The zero-order valence-electron chi connectivity index (χ0n) is 8.76. The number of fused-ring (bicyclic) bond motifs is 1. The number of nitro benzene ring substituents is 1. The van der Waals surface area contributed by atoms with Crippen molar-refractivity contribution in [3.05, 3.63) is 39.3 Å². The maximum atomic E-state index is 10.7. The Balaban J connectivity index is 2.26. The highest BCUT2D eigenvalue weighted by Gasteiger charge is 2.28. The third kappa shape index (κ3) is 1.82. The van der Waals surface area contributed by atoms with Crippen LogP contribution >= 0.6 is 11.6 Å². The molecule has 1 fully saturated rings. The molecular weight excluding hydrogens is 242 g/mol. The van der Waals surface area contributed by atoms with E-state index in [9.17, 15) is 10.1 Å². The minimum atomic E-state index is -0.438. The zero-order valence-corrected chi connectivity index (χ0v) is 9.52. The van der Waals surface area contributed by atoms with E-state index in [1.165, 1.54) is 12.1 Å². The lowest BCUT2D eigenvalue weighted by Gasteiger charge is -2.04. The molecule has 0 amide bonds. The van der Waals surface area contributed by atoms with Crippen molar-refractivity contribution in [2.75, 3.05) is 0 Å². The van der Waals surface area contributed by atoms with Crippen molar-refractivity contribution in [1.82, 2.24) is 9.97 Å². The maximum Gasteiger partial charge on any atom is 0.271 e. The number of rotatable bonds is 2. The largest absolute Gasteiger partial charge is 0.271 e. The molecule has 5 nitrogen and oxygen atoms in total. The molecule has 0 saturated heterocycles. The predicted molar refractivity (Wildman–Crippen MR) is 63.2 cm³/mol. The lowest BCUT2D eigenvalue weighted by Crippen LogP contribution is -1.95. The van der Waals surface area contributed by atoms with Crippen LogP contribution in [0.1, 0.15) is 24.5 Å². The van der Waals surface area contributed by atoms with Crippen LogP contribution in [0.2, 0.25) is 5.28 Å². The third-order valence-corrected chi connectivity index (χ3v) is 3.03. The van der Waals surface area contributed by atoms with E-state index in [0.29, 0.717) is 11.4 Å². The van der Waals surface area contributed by atoms with Crippen LogP contribution in [-0.4, -0.2) is 14.9 Å². The fourth-order valence-electron chi connectivity index (χ4n) is 1.89. The van der Waals surface area contributed by atoms with Gasteiger partial charge in [-0.05, 0) is 30.5 Å². The summed E-state index contributed by atoms with van der Waals surface area (Å²) in [5.74, 6) is 0.430. The summed E-state index contributed by atoms with van der Waals surface area (Å²) in [4.78, 5) is 18.5. The first-order chi connectivity index (χ1) is 8.15. The second-order valence-corrected chi connectivity index (χ2v) is 4.45. The first-order valence-electron chi connectivity index (χ1n) is 5.27. The highest BCUT2D eigenvalue weighted by Crippen LogP contribution is 2.42. The number of benzene rings is 1. The Hall–Kier alpha value is -1.75. The van der Waals surface area contributed by atoms with Crippen molar-refractivity contribution in [1.29, 1.82) is 0 Å².